The SMILES string of the molecule is O=C(NCC1OCCc2cn(Cc3ccccc3)nc21)c1ccnc(C(F)(F)F)c1. The molecule has 2 aromatic heterocycles. The number of benzene rings is 1. The Hall–Kier alpha value is -3.20. The molecule has 0 spiro atoms. The summed E-state index contributed by atoms with van der Waals surface area (Å²) >= 11 is 0. The average molecular weight is 416 g/mol. The molecule has 1 N–H and O–H groups in total. The lowest BCUT2D eigenvalue weighted by molar-refractivity contribution is -0.141. The van der Waals surface area contributed by atoms with Crippen LogP contribution in [0.4, 0.5) is 13.2 Å². The first-order valence-corrected chi connectivity index (χ1v) is 9.43. The zero-order valence-corrected chi connectivity index (χ0v) is 15.9. The van der Waals surface area contributed by atoms with E-state index in [0.29, 0.717) is 19.6 Å². The molecule has 0 saturated heterocycles. The van der Waals surface area contributed by atoms with Crippen molar-refractivity contribution in [1.29, 1.82) is 0 Å². The normalized spacial score (nSPS) is 16.2. The minimum absolute atomic E-state index is 0.108. The molecule has 0 saturated carbocycles. The average Bonchev–Trinajstić information content (AvgIpc) is 3.15. The van der Waals surface area contributed by atoms with Crippen molar-refractivity contribution in [3.05, 3.63) is 82.9 Å². The smallest absolute Gasteiger partial charge is 0.370 e. The van der Waals surface area contributed by atoms with Crippen molar-refractivity contribution in [2.24, 2.45) is 0 Å². The van der Waals surface area contributed by atoms with Gasteiger partial charge in [-0.3, -0.25) is 14.5 Å². The Morgan fingerprint density at radius 1 is 1.23 bits per heavy atom. The van der Waals surface area contributed by atoms with Crippen molar-refractivity contribution >= 4 is 5.91 Å². The van der Waals surface area contributed by atoms with Crippen molar-refractivity contribution < 1.29 is 22.7 Å². The van der Waals surface area contributed by atoms with Gasteiger partial charge in [0.1, 0.15) is 11.8 Å². The van der Waals surface area contributed by atoms with Gasteiger partial charge in [-0.05, 0) is 29.7 Å². The molecule has 1 amide bonds. The third-order valence-corrected chi connectivity index (χ3v) is 4.81. The van der Waals surface area contributed by atoms with E-state index in [0.717, 1.165) is 29.1 Å². The molecule has 1 aliphatic rings. The van der Waals surface area contributed by atoms with E-state index in [1.807, 2.05) is 41.2 Å². The Bertz CT molecular complexity index is 1030. The Labute approximate surface area is 170 Å². The number of nitrogens with zero attached hydrogens (tertiary/aromatic N) is 3. The molecule has 156 valence electrons. The maximum absolute atomic E-state index is 12.8. The van der Waals surface area contributed by atoms with Gasteiger partial charge < -0.3 is 10.1 Å². The number of hydrogen-bond donors (Lipinski definition) is 1. The highest BCUT2D eigenvalue weighted by atomic mass is 19.4. The summed E-state index contributed by atoms with van der Waals surface area (Å²) in [5, 5.41) is 7.25. The molecule has 1 aromatic carbocycles. The molecule has 0 bridgehead atoms. The van der Waals surface area contributed by atoms with Gasteiger partial charge in [0, 0.05) is 24.5 Å². The summed E-state index contributed by atoms with van der Waals surface area (Å²) in [5.41, 5.74) is 1.68. The molecule has 4 rings (SSSR count). The van der Waals surface area contributed by atoms with Gasteiger partial charge in [-0.1, -0.05) is 30.3 Å². The number of fused-ring (bicyclic) bond motifs is 1. The van der Waals surface area contributed by atoms with E-state index in [-0.39, 0.29) is 12.1 Å². The lowest BCUT2D eigenvalue weighted by Crippen LogP contribution is -2.32. The molecular formula is C21H19F3N4O2. The third-order valence-electron chi connectivity index (χ3n) is 4.81. The molecule has 0 radical (unpaired) electrons. The number of ether oxygens (including phenoxy) is 1. The number of aromatic nitrogens is 3. The molecule has 1 aliphatic heterocycles. The summed E-state index contributed by atoms with van der Waals surface area (Å²) in [4.78, 5) is 15.6. The van der Waals surface area contributed by atoms with Crippen LogP contribution >= 0.6 is 0 Å². The fraction of sp³-hybridized carbons (Fsp3) is 0.286. The summed E-state index contributed by atoms with van der Waals surface area (Å²) in [6.45, 7) is 1.21. The van der Waals surface area contributed by atoms with Crippen LogP contribution in [0, 0.1) is 0 Å². The Balaban J connectivity index is 1.44. The van der Waals surface area contributed by atoms with Gasteiger partial charge in [0.2, 0.25) is 0 Å². The molecule has 6 nitrogen and oxygen atoms in total. The van der Waals surface area contributed by atoms with E-state index in [1.165, 1.54) is 6.07 Å². The summed E-state index contributed by atoms with van der Waals surface area (Å²) in [5.74, 6) is -0.623. The quantitative estimate of drug-likeness (QED) is 0.692. The summed E-state index contributed by atoms with van der Waals surface area (Å²) in [6, 6.07) is 11.9. The van der Waals surface area contributed by atoms with E-state index < -0.39 is 23.9 Å². The molecule has 0 fully saturated rings. The van der Waals surface area contributed by atoms with Crippen molar-refractivity contribution in [2.45, 2.75) is 25.2 Å². The first-order chi connectivity index (χ1) is 14.4. The minimum Gasteiger partial charge on any atom is -0.370 e. The number of rotatable bonds is 5. The first kappa shape index (κ1) is 20.1. The molecule has 1 unspecified atom stereocenters. The first-order valence-electron chi connectivity index (χ1n) is 9.43. The monoisotopic (exact) mass is 416 g/mol. The number of pyridine rings is 1. The number of hydrogen-bond acceptors (Lipinski definition) is 4. The van der Waals surface area contributed by atoms with Crippen LogP contribution in [0.1, 0.15) is 39.0 Å². The van der Waals surface area contributed by atoms with Gasteiger partial charge in [-0.15, -0.1) is 0 Å². The van der Waals surface area contributed by atoms with Crippen molar-refractivity contribution in [3.8, 4) is 0 Å². The zero-order valence-electron chi connectivity index (χ0n) is 15.9. The summed E-state index contributed by atoms with van der Waals surface area (Å²) in [6.07, 6.45) is -1.41. The number of halogens is 3. The summed E-state index contributed by atoms with van der Waals surface area (Å²) in [7, 11) is 0. The predicted octanol–water partition coefficient (Wildman–Crippen LogP) is 3.39. The fourth-order valence-electron chi connectivity index (χ4n) is 3.35. The molecule has 9 heteroatoms. The molecule has 3 aromatic rings. The fourth-order valence-corrected chi connectivity index (χ4v) is 3.35. The van der Waals surface area contributed by atoms with Crippen molar-refractivity contribution in [1.82, 2.24) is 20.1 Å². The van der Waals surface area contributed by atoms with E-state index >= 15 is 0 Å². The van der Waals surface area contributed by atoms with E-state index in [9.17, 15) is 18.0 Å². The van der Waals surface area contributed by atoms with Crippen LogP contribution in [-0.4, -0.2) is 33.8 Å². The second-order valence-corrected chi connectivity index (χ2v) is 6.97. The molecule has 3 heterocycles. The van der Waals surface area contributed by atoms with Gasteiger partial charge in [-0.25, -0.2) is 0 Å². The van der Waals surface area contributed by atoms with Crippen LogP contribution in [0.15, 0.2) is 54.9 Å². The molecule has 30 heavy (non-hydrogen) atoms. The maximum Gasteiger partial charge on any atom is 0.433 e. The summed E-state index contributed by atoms with van der Waals surface area (Å²) < 4.78 is 46.0. The highest BCUT2D eigenvalue weighted by Crippen LogP contribution is 2.28. The van der Waals surface area contributed by atoms with Crippen molar-refractivity contribution in [2.75, 3.05) is 13.2 Å². The molecule has 0 aliphatic carbocycles. The Morgan fingerprint density at radius 3 is 2.80 bits per heavy atom. The van der Waals surface area contributed by atoms with Gasteiger partial charge in [0.05, 0.1) is 18.8 Å². The van der Waals surface area contributed by atoms with Crippen LogP contribution in [0.2, 0.25) is 0 Å². The lowest BCUT2D eigenvalue weighted by atomic mass is 10.1. The van der Waals surface area contributed by atoms with E-state index in [1.54, 1.807) is 0 Å². The second kappa shape index (κ2) is 8.27. The standard InChI is InChI=1S/C21H19F3N4O2/c22-21(23,24)18-10-15(6-8-25-18)20(29)26-11-17-19-16(7-9-30-17)13-28(27-19)12-14-4-2-1-3-5-14/h1-6,8,10,13,17H,7,9,11-12H2,(H,26,29). The minimum atomic E-state index is -4.61. The largest absolute Gasteiger partial charge is 0.433 e. The topological polar surface area (TPSA) is 69.0 Å². The van der Waals surface area contributed by atoms with Gasteiger partial charge in [0.15, 0.2) is 0 Å². The number of carbonyl (C=O) groups is 1. The Morgan fingerprint density at radius 2 is 2.03 bits per heavy atom. The zero-order chi connectivity index (χ0) is 21.1. The van der Waals surface area contributed by atoms with Crippen LogP contribution in [0.3, 0.4) is 0 Å². The number of nitrogens with one attached hydrogen (secondary N) is 1. The van der Waals surface area contributed by atoms with Crippen LogP contribution in [0.5, 0.6) is 0 Å². The van der Waals surface area contributed by atoms with Gasteiger partial charge >= 0.3 is 6.18 Å². The van der Waals surface area contributed by atoms with Crippen molar-refractivity contribution in [3.63, 3.8) is 0 Å². The number of carbonyl (C=O) groups excluding carboxylic acids is 1. The Kier molecular flexibility index (Phi) is 5.54. The highest BCUT2D eigenvalue weighted by Gasteiger charge is 2.33. The number of amides is 1. The highest BCUT2D eigenvalue weighted by molar-refractivity contribution is 5.94. The lowest BCUT2D eigenvalue weighted by Gasteiger charge is -2.22. The van der Waals surface area contributed by atoms with Crippen LogP contribution < -0.4 is 5.32 Å². The molecule has 1 atom stereocenters. The van der Waals surface area contributed by atoms with Gasteiger partial charge in [-0.2, -0.15) is 18.3 Å². The van der Waals surface area contributed by atoms with E-state index in [2.05, 4.69) is 15.4 Å². The molecular weight excluding hydrogens is 397 g/mol. The third kappa shape index (κ3) is 4.51. The number of alkyl halides is 3. The maximum atomic E-state index is 12.8. The van der Waals surface area contributed by atoms with Gasteiger partial charge in [0.25, 0.3) is 5.91 Å². The van der Waals surface area contributed by atoms with Crippen LogP contribution in [0.25, 0.3) is 0 Å². The van der Waals surface area contributed by atoms with Crippen LogP contribution in [-0.2, 0) is 23.9 Å². The second-order valence-electron chi connectivity index (χ2n) is 6.97. The predicted molar refractivity (Wildman–Crippen MR) is 102 cm³/mol. The van der Waals surface area contributed by atoms with E-state index in [4.69, 9.17) is 4.74 Å².